The molecule has 2 nitrogen and oxygen atoms in total. The minimum atomic E-state index is -3.14. The van der Waals surface area contributed by atoms with Gasteiger partial charge in [-0.25, -0.2) is 4.39 Å². The molecule has 0 aliphatic heterocycles. The van der Waals surface area contributed by atoms with Crippen LogP contribution in [0.1, 0.15) is 5.56 Å². The molecule has 0 spiro atoms. The van der Waals surface area contributed by atoms with Gasteiger partial charge in [0.15, 0.2) is 6.61 Å². The van der Waals surface area contributed by atoms with Crippen LogP contribution in [-0.2, 0) is 5.92 Å². The Hall–Kier alpha value is -2.17. The maximum atomic E-state index is 13.8. The first-order valence-corrected chi connectivity index (χ1v) is 5.60. The molecule has 0 atom stereocenters. The highest BCUT2D eigenvalue weighted by Crippen LogP contribution is 2.29. The number of hydrogen-bond acceptors (Lipinski definition) is 2. The fraction of sp³-hybridized carbons (Fsp3) is 0.143. The summed E-state index contributed by atoms with van der Waals surface area (Å²) in [5.74, 6) is -3.82. The van der Waals surface area contributed by atoms with E-state index in [1.54, 1.807) is 6.07 Å². The number of nitrogens with two attached hydrogens (primary N) is 1. The molecule has 0 radical (unpaired) electrons. The standard InChI is InChI=1S/C14H12F3NO/c15-12-8-11(6-7-13(12)18)19-9-14(16,17)10-4-2-1-3-5-10/h1-8H,9,18H2. The molecule has 0 fully saturated rings. The van der Waals surface area contributed by atoms with Crippen LogP contribution in [-0.4, -0.2) is 6.61 Å². The van der Waals surface area contributed by atoms with Crippen LogP contribution < -0.4 is 10.5 Å². The fourth-order valence-electron chi connectivity index (χ4n) is 1.54. The monoisotopic (exact) mass is 267 g/mol. The van der Waals surface area contributed by atoms with Gasteiger partial charge in [-0.15, -0.1) is 0 Å². The first kappa shape index (κ1) is 13.3. The highest BCUT2D eigenvalue weighted by atomic mass is 19.3. The number of benzene rings is 2. The molecule has 0 heterocycles. The van der Waals surface area contributed by atoms with E-state index >= 15 is 0 Å². The normalized spacial score (nSPS) is 11.3. The SMILES string of the molecule is Nc1ccc(OCC(F)(F)c2ccccc2)cc1F. The molecule has 0 aliphatic rings. The van der Waals surface area contributed by atoms with Gasteiger partial charge in [0.2, 0.25) is 0 Å². The third-order valence-corrected chi connectivity index (χ3v) is 2.59. The van der Waals surface area contributed by atoms with Gasteiger partial charge >= 0.3 is 5.92 Å². The third kappa shape index (κ3) is 3.19. The van der Waals surface area contributed by atoms with Crippen LogP contribution >= 0.6 is 0 Å². The van der Waals surface area contributed by atoms with Crippen LogP contribution in [0.3, 0.4) is 0 Å². The molecule has 5 heteroatoms. The minimum absolute atomic E-state index is 0.0160. The van der Waals surface area contributed by atoms with E-state index in [-0.39, 0.29) is 17.0 Å². The number of alkyl halides is 2. The lowest BCUT2D eigenvalue weighted by Gasteiger charge is -2.17. The summed E-state index contributed by atoms with van der Waals surface area (Å²) in [5.41, 5.74) is 5.08. The molecule has 0 saturated carbocycles. The summed E-state index contributed by atoms with van der Waals surface area (Å²) >= 11 is 0. The van der Waals surface area contributed by atoms with Gasteiger partial charge in [-0.2, -0.15) is 8.78 Å². The predicted molar refractivity (Wildman–Crippen MR) is 66.6 cm³/mol. The zero-order valence-corrected chi connectivity index (χ0v) is 9.95. The number of rotatable bonds is 4. The Bertz CT molecular complexity index is 558. The van der Waals surface area contributed by atoms with Gasteiger partial charge in [0, 0.05) is 11.6 Å². The van der Waals surface area contributed by atoms with E-state index in [0.717, 1.165) is 6.07 Å². The van der Waals surface area contributed by atoms with E-state index in [9.17, 15) is 13.2 Å². The van der Waals surface area contributed by atoms with Gasteiger partial charge in [-0.1, -0.05) is 30.3 Å². The molecule has 2 aromatic carbocycles. The van der Waals surface area contributed by atoms with Gasteiger partial charge < -0.3 is 10.5 Å². The Morgan fingerprint density at radius 2 is 1.74 bits per heavy atom. The molecule has 0 bridgehead atoms. The third-order valence-electron chi connectivity index (χ3n) is 2.59. The minimum Gasteiger partial charge on any atom is -0.487 e. The van der Waals surface area contributed by atoms with Crippen molar-refractivity contribution >= 4 is 5.69 Å². The van der Waals surface area contributed by atoms with Crippen molar-refractivity contribution < 1.29 is 17.9 Å². The average molecular weight is 267 g/mol. The molecule has 0 amide bonds. The second kappa shape index (κ2) is 5.22. The van der Waals surface area contributed by atoms with Gasteiger partial charge in [0.1, 0.15) is 11.6 Å². The Labute approximate surface area is 108 Å². The Balaban J connectivity index is 2.07. The summed E-state index contributed by atoms with van der Waals surface area (Å²) in [6, 6.07) is 10.9. The highest BCUT2D eigenvalue weighted by molar-refractivity contribution is 5.43. The summed E-state index contributed by atoms with van der Waals surface area (Å²) in [5, 5.41) is 0. The molecule has 0 aromatic heterocycles. The predicted octanol–water partition coefficient (Wildman–Crippen LogP) is 3.58. The Morgan fingerprint density at radius 3 is 2.37 bits per heavy atom. The zero-order chi connectivity index (χ0) is 13.9. The van der Waals surface area contributed by atoms with Crippen molar-refractivity contribution in [2.45, 2.75) is 5.92 Å². The van der Waals surface area contributed by atoms with Crippen LogP contribution in [0.15, 0.2) is 48.5 Å². The molecule has 19 heavy (non-hydrogen) atoms. The summed E-state index contributed by atoms with van der Waals surface area (Å²) in [6.45, 7) is -0.861. The number of anilines is 1. The van der Waals surface area contributed by atoms with E-state index in [1.807, 2.05) is 0 Å². The molecule has 0 saturated heterocycles. The maximum absolute atomic E-state index is 13.8. The summed E-state index contributed by atoms with van der Waals surface area (Å²) < 4.78 is 45.6. The molecule has 0 unspecified atom stereocenters. The van der Waals surface area contributed by atoms with Crippen molar-refractivity contribution in [3.63, 3.8) is 0 Å². The van der Waals surface area contributed by atoms with Crippen LogP contribution in [0.4, 0.5) is 18.9 Å². The van der Waals surface area contributed by atoms with Gasteiger partial charge in [-0.3, -0.25) is 0 Å². The number of halogens is 3. The first-order valence-electron chi connectivity index (χ1n) is 5.60. The van der Waals surface area contributed by atoms with Gasteiger partial charge in [-0.05, 0) is 12.1 Å². The molecule has 2 aromatic rings. The maximum Gasteiger partial charge on any atom is 0.306 e. The van der Waals surface area contributed by atoms with Crippen molar-refractivity contribution in [2.75, 3.05) is 12.3 Å². The van der Waals surface area contributed by atoms with E-state index in [4.69, 9.17) is 10.5 Å². The van der Waals surface area contributed by atoms with Crippen molar-refractivity contribution in [3.8, 4) is 5.75 Å². The summed E-state index contributed by atoms with van der Waals surface area (Å²) in [6.07, 6.45) is 0. The number of ether oxygens (including phenoxy) is 1. The van der Waals surface area contributed by atoms with Crippen molar-refractivity contribution in [1.29, 1.82) is 0 Å². The van der Waals surface area contributed by atoms with Crippen LogP contribution in [0.5, 0.6) is 5.75 Å². The second-order valence-corrected chi connectivity index (χ2v) is 4.04. The Kier molecular flexibility index (Phi) is 3.64. The molecule has 0 aliphatic carbocycles. The van der Waals surface area contributed by atoms with Crippen molar-refractivity contribution in [1.82, 2.24) is 0 Å². The van der Waals surface area contributed by atoms with Crippen LogP contribution in [0, 0.1) is 5.82 Å². The summed E-state index contributed by atoms with van der Waals surface area (Å²) in [7, 11) is 0. The molecule has 2 rings (SSSR count). The van der Waals surface area contributed by atoms with Crippen LogP contribution in [0.2, 0.25) is 0 Å². The first-order chi connectivity index (χ1) is 8.99. The second-order valence-electron chi connectivity index (χ2n) is 4.04. The molecule has 2 N–H and O–H groups in total. The van der Waals surface area contributed by atoms with E-state index in [2.05, 4.69) is 0 Å². The number of hydrogen-bond donors (Lipinski definition) is 1. The van der Waals surface area contributed by atoms with Gasteiger partial charge in [0.05, 0.1) is 5.69 Å². The van der Waals surface area contributed by atoms with E-state index in [1.165, 1.54) is 36.4 Å². The fourth-order valence-corrected chi connectivity index (χ4v) is 1.54. The zero-order valence-electron chi connectivity index (χ0n) is 9.95. The smallest absolute Gasteiger partial charge is 0.306 e. The topological polar surface area (TPSA) is 35.2 Å². The van der Waals surface area contributed by atoms with Crippen molar-refractivity contribution in [2.24, 2.45) is 0 Å². The highest BCUT2D eigenvalue weighted by Gasteiger charge is 2.32. The van der Waals surface area contributed by atoms with Crippen molar-refractivity contribution in [3.05, 3.63) is 59.9 Å². The summed E-state index contributed by atoms with van der Waals surface area (Å²) in [4.78, 5) is 0. The lowest BCUT2D eigenvalue weighted by atomic mass is 10.1. The average Bonchev–Trinajstić information content (AvgIpc) is 2.41. The van der Waals surface area contributed by atoms with E-state index < -0.39 is 18.3 Å². The largest absolute Gasteiger partial charge is 0.487 e. The lowest BCUT2D eigenvalue weighted by Crippen LogP contribution is -2.23. The lowest BCUT2D eigenvalue weighted by molar-refractivity contribution is -0.0467. The number of nitrogen functional groups attached to an aromatic ring is 1. The Morgan fingerprint density at radius 1 is 1.05 bits per heavy atom. The van der Waals surface area contributed by atoms with Gasteiger partial charge in [0.25, 0.3) is 0 Å². The molecular formula is C14H12F3NO. The molecular weight excluding hydrogens is 255 g/mol. The molecule has 100 valence electrons. The van der Waals surface area contributed by atoms with Crippen LogP contribution in [0.25, 0.3) is 0 Å². The quantitative estimate of drug-likeness (QED) is 0.859. The van der Waals surface area contributed by atoms with E-state index in [0.29, 0.717) is 0 Å².